The Labute approximate surface area is 181 Å². The van der Waals surface area contributed by atoms with E-state index in [2.05, 4.69) is 28.8 Å². The Kier molecular flexibility index (Phi) is 6.03. The summed E-state index contributed by atoms with van der Waals surface area (Å²) in [6.45, 7) is 6.86. The molecule has 0 spiro atoms. The van der Waals surface area contributed by atoms with E-state index in [0.29, 0.717) is 44.4 Å². The average molecular weight is 424 g/mol. The van der Waals surface area contributed by atoms with Crippen LogP contribution in [0.1, 0.15) is 20.3 Å². The van der Waals surface area contributed by atoms with Gasteiger partial charge in [0.1, 0.15) is 5.82 Å². The van der Waals surface area contributed by atoms with Gasteiger partial charge in [0.15, 0.2) is 5.65 Å². The standard InChI is InChI=1S/C22H29N7O2/c1-15(2)13-18(23)22(30)28-11-9-27(10-12-28)19-6-8-29-20(26-19)17(14-25-29)16-5-4-7-24-21(16)31-3/h4-8,14-15,18H,9-13,23H2,1-3H3. The summed E-state index contributed by atoms with van der Waals surface area (Å²) in [5.74, 6) is 1.84. The Balaban J connectivity index is 1.52. The second kappa shape index (κ2) is 8.89. The lowest BCUT2D eigenvalue weighted by Gasteiger charge is -2.36. The van der Waals surface area contributed by atoms with Crippen LogP contribution in [0.2, 0.25) is 0 Å². The minimum atomic E-state index is -0.426. The fourth-order valence-electron chi connectivity index (χ4n) is 3.98. The highest BCUT2D eigenvalue weighted by Crippen LogP contribution is 2.31. The molecule has 1 aliphatic heterocycles. The van der Waals surface area contributed by atoms with Gasteiger partial charge in [0.2, 0.25) is 11.8 Å². The number of methoxy groups -OCH3 is 1. The van der Waals surface area contributed by atoms with Gasteiger partial charge in [-0.3, -0.25) is 4.79 Å². The van der Waals surface area contributed by atoms with E-state index >= 15 is 0 Å². The Morgan fingerprint density at radius 2 is 1.97 bits per heavy atom. The molecule has 1 atom stereocenters. The molecule has 1 unspecified atom stereocenters. The third-order valence-corrected chi connectivity index (χ3v) is 5.57. The highest BCUT2D eigenvalue weighted by atomic mass is 16.5. The Morgan fingerprint density at radius 1 is 1.19 bits per heavy atom. The molecule has 0 bridgehead atoms. The van der Waals surface area contributed by atoms with Crippen LogP contribution in [0, 0.1) is 5.92 Å². The molecule has 3 aromatic heterocycles. The van der Waals surface area contributed by atoms with Gasteiger partial charge in [-0.25, -0.2) is 14.5 Å². The molecule has 31 heavy (non-hydrogen) atoms. The van der Waals surface area contributed by atoms with Crippen molar-refractivity contribution < 1.29 is 9.53 Å². The van der Waals surface area contributed by atoms with Crippen molar-refractivity contribution in [1.29, 1.82) is 0 Å². The second-order valence-corrected chi connectivity index (χ2v) is 8.22. The molecule has 0 aliphatic carbocycles. The molecule has 1 aliphatic rings. The molecule has 4 heterocycles. The number of pyridine rings is 1. The van der Waals surface area contributed by atoms with Crippen LogP contribution in [0.3, 0.4) is 0 Å². The lowest BCUT2D eigenvalue weighted by molar-refractivity contribution is -0.133. The molecule has 0 radical (unpaired) electrons. The van der Waals surface area contributed by atoms with E-state index in [1.807, 2.05) is 29.3 Å². The zero-order valence-electron chi connectivity index (χ0n) is 18.2. The smallest absolute Gasteiger partial charge is 0.239 e. The van der Waals surface area contributed by atoms with Gasteiger partial charge in [-0.05, 0) is 30.5 Å². The van der Waals surface area contributed by atoms with Crippen LogP contribution in [-0.2, 0) is 4.79 Å². The third-order valence-electron chi connectivity index (χ3n) is 5.57. The van der Waals surface area contributed by atoms with Crippen LogP contribution in [-0.4, -0.2) is 69.7 Å². The number of aromatic nitrogens is 4. The van der Waals surface area contributed by atoms with Gasteiger partial charge >= 0.3 is 0 Å². The van der Waals surface area contributed by atoms with Crippen molar-refractivity contribution in [2.45, 2.75) is 26.3 Å². The average Bonchev–Trinajstić information content (AvgIpc) is 3.21. The third kappa shape index (κ3) is 4.32. The zero-order valence-corrected chi connectivity index (χ0v) is 18.2. The van der Waals surface area contributed by atoms with Crippen LogP contribution in [0.25, 0.3) is 16.8 Å². The first kappa shape index (κ1) is 21.0. The number of hydrogen-bond donors (Lipinski definition) is 1. The number of fused-ring (bicyclic) bond motifs is 1. The van der Waals surface area contributed by atoms with E-state index in [4.69, 9.17) is 15.5 Å². The molecule has 1 saturated heterocycles. The number of ether oxygens (including phenoxy) is 1. The number of amides is 1. The van der Waals surface area contributed by atoms with Crippen molar-refractivity contribution in [2.75, 3.05) is 38.2 Å². The van der Waals surface area contributed by atoms with Gasteiger partial charge in [0, 0.05) is 44.1 Å². The van der Waals surface area contributed by atoms with Crippen molar-refractivity contribution >= 4 is 17.4 Å². The number of anilines is 1. The van der Waals surface area contributed by atoms with Gasteiger partial charge in [-0.15, -0.1) is 0 Å². The lowest BCUT2D eigenvalue weighted by Crippen LogP contribution is -2.53. The highest BCUT2D eigenvalue weighted by molar-refractivity contribution is 5.82. The van der Waals surface area contributed by atoms with Crippen molar-refractivity contribution in [2.24, 2.45) is 11.7 Å². The van der Waals surface area contributed by atoms with Crippen LogP contribution in [0.5, 0.6) is 5.88 Å². The molecule has 3 aromatic rings. The van der Waals surface area contributed by atoms with E-state index in [1.54, 1.807) is 24.0 Å². The number of nitrogens with two attached hydrogens (primary N) is 1. The maximum Gasteiger partial charge on any atom is 0.239 e. The van der Waals surface area contributed by atoms with Crippen LogP contribution >= 0.6 is 0 Å². The summed E-state index contributed by atoms with van der Waals surface area (Å²) in [6.07, 6.45) is 6.08. The van der Waals surface area contributed by atoms with Crippen LogP contribution in [0.15, 0.2) is 36.8 Å². The van der Waals surface area contributed by atoms with E-state index < -0.39 is 6.04 Å². The van der Waals surface area contributed by atoms with Crippen molar-refractivity contribution in [3.63, 3.8) is 0 Å². The molecule has 0 aromatic carbocycles. The molecule has 164 valence electrons. The summed E-state index contributed by atoms with van der Waals surface area (Å²) in [6, 6.07) is 5.34. The molecule has 2 N–H and O–H groups in total. The normalized spacial score (nSPS) is 15.5. The summed E-state index contributed by atoms with van der Waals surface area (Å²) in [5, 5.41) is 4.42. The molecule has 9 heteroatoms. The first-order valence-corrected chi connectivity index (χ1v) is 10.6. The quantitative estimate of drug-likeness (QED) is 0.645. The summed E-state index contributed by atoms with van der Waals surface area (Å²) in [5.41, 5.74) is 8.54. The van der Waals surface area contributed by atoms with Crippen LogP contribution in [0.4, 0.5) is 5.82 Å². The van der Waals surface area contributed by atoms with E-state index in [1.165, 1.54) is 0 Å². The van der Waals surface area contributed by atoms with E-state index in [0.717, 1.165) is 22.6 Å². The van der Waals surface area contributed by atoms with Crippen LogP contribution < -0.4 is 15.4 Å². The molecule has 1 amide bonds. The Morgan fingerprint density at radius 3 is 2.68 bits per heavy atom. The van der Waals surface area contributed by atoms with Gasteiger partial charge in [-0.1, -0.05) is 13.8 Å². The minimum Gasteiger partial charge on any atom is -0.481 e. The van der Waals surface area contributed by atoms with Crippen molar-refractivity contribution in [1.82, 2.24) is 24.5 Å². The number of carbonyl (C=O) groups excluding carboxylic acids is 1. The Bertz CT molecular complexity index is 1060. The highest BCUT2D eigenvalue weighted by Gasteiger charge is 2.26. The second-order valence-electron chi connectivity index (χ2n) is 8.22. The topological polar surface area (TPSA) is 102 Å². The fourth-order valence-corrected chi connectivity index (χ4v) is 3.98. The van der Waals surface area contributed by atoms with Gasteiger partial charge in [-0.2, -0.15) is 5.10 Å². The van der Waals surface area contributed by atoms with E-state index in [-0.39, 0.29) is 5.91 Å². The minimum absolute atomic E-state index is 0.0403. The maximum absolute atomic E-state index is 12.6. The van der Waals surface area contributed by atoms with Gasteiger partial charge in [0.25, 0.3) is 0 Å². The Hall–Kier alpha value is -3.20. The fraction of sp³-hybridized carbons (Fsp3) is 0.455. The number of hydrogen-bond acceptors (Lipinski definition) is 7. The first-order valence-electron chi connectivity index (χ1n) is 10.6. The van der Waals surface area contributed by atoms with Gasteiger partial charge < -0.3 is 20.3 Å². The zero-order chi connectivity index (χ0) is 22.0. The summed E-state index contributed by atoms with van der Waals surface area (Å²) in [4.78, 5) is 25.8. The monoisotopic (exact) mass is 423 g/mol. The summed E-state index contributed by atoms with van der Waals surface area (Å²) >= 11 is 0. The number of piperazine rings is 1. The molecule has 4 rings (SSSR count). The number of rotatable bonds is 6. The maximum atomic E-state index is 12.6. The number of carbonyl (C=O) groups is 1. The summed E-state index contributed by atoms with van der Waals surface area (Å²) in [7, 11) is 1.60. The largest absolute Gasteiger partial charge is 0.481 e. The van der Waals surface area contributed by atoms with Crippen molar-refractivity contribution in [3.05, 3.63) is 36.8 Å². The molecular formula is C22H29N7O2. The number of nitrogens with zero attached hydrogens (tertiary/aromatic N) is 6. The molecule has 9 nitrogen and oxygen atoms in total. The first-order chi connectivity index (χ1) is 15.0. The SMILES string of the molecule is COc1ncccc1-c1cnn2ccc(N3CCN(C(=O)C(N)CC(C)C)CC3)nc12. The molecular weight excluding hydrogens is 394 g/mol. The van der Waals surface area contributed by atoms with Gasteiger partial charge in [0.05, 0.1) is 24.9 Å². The molecule has 0 saturated carbocycles. The van der Waals surface area contributed by atoms with Crippen molar-refractivity contribution in [3.8, 4) is 17.0 Å². The molecule has 1 fully saturated rings. The summed E-state index contributed by atoms with van der Waals surface area (Å²) < 4.78 is 7.15. The predicted molar refractivity (Wildman–Crippen MR) is 119 cm³/mol. The predicted octanol–water partition coefficient (Wildman–Crippen LogP) is 1.82. The van der Waals surface area contributed by atoms with E-state index in [9.17, 15) is 4.79 Å². The lowest BCUT2D eigenvalue weighted by atomic mass is 10.0.